The number of sulfonamides is 1. The Morgan fingerprint density at radius 3 is 2.12 bits per heavy atom. The van der Waals surface area contributed by atoms with Gasteiger partial charge in [0.2, 0.25) is 0 Å². The zero-order valence-electron chi connectivity index (χ0n) is 13.3. The molecule has 0 aliphatic carbocycles. The predicted octanol–water partition coefficient (Wildman–Crippen LogP) is 1.72. The Balaban J connectivity index is 2.01. The molecular weight excluding hydrogens is 332 g/mol. The molecule has 0 unspecified atom stereocenters. The van der Waals surface area contributed by atoms with Gasteiger partial charge < -0.3 is 9.47 Å². The van der Waals surface area contributed by atoms with Crippen molar-refractivity contribution in [1.82, 2.24) is 10.3 Å². The van der Waals surface area contributed by atoms with E-state index in [2.05, 4.69) is 10.3 Å². The van der Waals surface area contributed by atoms with E-state index >= 15 is 0 Å². The Bertz CT molecular complexity index is 786. The van der Waals surface area contributed by atoms with Gasteiger partial charge in [0.1, 0.15) is 11.5 Å². The van der Waals surface area contributed by atoms with Crippen molar-refractivity contribution in [3.63, 3.8) is 0 Å². The SMILES string of the molecule is CCOc1ccc(S(=O)(=O)NNC(=O)c2ccc(OC)cc2)cc1. The van der Waals surface area contributed by atoms with E-state index in [1.807, 2.05) is 6.92 Å². The minimum Gasteiger partial charge on any atom is -0.497 e. The van der Waals surface area contributed by atoms with Crippen LogP contribution in [0.15, 0.2) is 53.4 Å². The first-order valence-corrected chi connectivity index (χ1v) is 8.63. The van der Waals surface area contributed by atoms with Crippen LogP contribution in [0.4, 0.5) is 0 Å². The number of hydrogen-bond donors (Lipinski definition) is 2. The summed E-state index contributed by atoms with van der Waals surface area (Å²) >= 11 is 0. The third-order valence-corrected chi connectivity index (χ3v) is 4.36. The van der Waals surface area contributed by atoms with Gasteiger partial charge in [-0.15, -0.1) is 4.83 Å². The van der Waals surface area contributed by atoms with Gasteiger partial charge in [-0.3, -0.25) is 10.2 Å². The van der Waals surface area contributed by atoms with E-state index in [1.54, 1.807) is 24.3 Å². The van der Waals surface area contributed by atoms with Gasteiger partial charge in [0.25, 0.3) is 15.9 Å². The van der Waals surface area contributed by atoms with Crippen molar-refractivity contribution in [2.75, 3.05) is 13.7 Å². The highest BCUT2D eigenvalue weighted by molar-refractivity contribution is 7.89. The molecule has 7 nitrogen and oxygen atoms in total. The van der Waals surface area contributed by atoms with Crippen LogP contribution in [0.5, 0.6) is 11.5 Å². The number of amides is 1. The number of nitrogens with one attached hydrogen (secondary N) is 2. The summed E-state index contributed by atoms with van der Waals surface area (Å²) in [5.74, 6) is 0.590. The Kier molecular flexibility index (Phi) is 5.78. The molecule has 0 aliphatic heterocycles. The van der Waals surface area contributed by atoms with Crippen LogP contribution >= 0.6 is 0 Å². The maximum absolute atomic E-state index is 12.2. The van der Waals surface area contributed by atoms with Gasteiger partial charge in [-0.2, -0.15) is 0 Å². The van der Waals surface area contributed by atoms with Gasteiger partial charge in [0.05, 0.1) is 18.6 Å². The lowest BCUT2D eigenvalue weighted by Gasteiger charge is -2.09. The summed E-state index contributed by atoms with van der Waals surface area (Å²) in [5.41, 5.74) is 2.46. The Morgan fingerprint density at radius 2 is 1.58 bits per heavy atom. The van der Waals surface area contributed by atoms with Gasteiger partial charge in [-0.1, -0.05) is 0 Å². The molecular formula is C16H18N2O5S. The minimum absolute atomic E-state index is 0.0148. The number of carbonyl (C=O) groups is 1. The molecule has 0 bridgehead atoms. The van der Waals surface area contributed by atoms with Gasteiger partial charge >= 0.3 is 0 Å². The van der Waals surface area contributed by atoms with Gasteiger partial charge in [0, 0.05) is 5.56 Å². The van der Waals surface area contributed by atoms with E-state index in [1.165, 1.54) is 31.4 Å². The highest BCUT2D eigenvalue weighted by Crippen LogP contribution is 2.15. The van der Waals surface area contributed by atoms with Gasteiger partial charge in [-0.05, 0) is 55.5 Å². The highest BCUT2D eigenvalue weighted by Gasteiger charge is 2.15. The number of hydrazine groups is 1. The Morgan fingerprint density at radius 1 is 1.00 bits per heavy atom. The highest BCUT2D eigenvalue weighted by atomic mass is 32.2. The lowest BCUT2D eigenvalue weighted by molar-refractivity contribution is 0.0945. The van der Waals surface area contributed by atoms with Crippen LogP contribution in [0.1, 0.15) is 17.3 Å². The molecule has 2 aromatic rings. The van der Waals surface area contributed by atoms with Crippen molar-refractivity contribution >= 4 is 15.9 Å². The second-order valence-electron chi connectivity index (χ2n) is 4.69. The van der Waals surface area contributed by atoms with Crippen molar-refractivity contribution in [3.05, 3.63) is 54.1 Å². The van der Waals surface area contributed by atoms with Crippen molar-refractivity contribution in [3.8, 4) is 11.5 Å². The summed E-state index contributed by atoms with van der Waals surface area (Å²) in [6.07, 6.45) is 0. The van der Waals surface area contributed by atoms with Crippen molar-refractivity contribution < 1.29 is 22.7 Å². The monoisotopic (exact) mass is 350 g/mol. The number of benzene rings is 2. The molecule has 128 valence electrons. The predicted molar refractivity (Wildman–Crippen MR) is 88.4 cm³/mol. The molecule has 0 saturated heterocycles. The molecule has 0 radical (unpaired) electrons. The normalized spacial score (nSPS) is 10.9. The molecule has 2 N–H and O–H groups in total. The first-order chi connectivity index (χ1) is 11.5. The summed E-state index contributed by atoms with van der Waals surface area (Å²) < 4.78 is 34.5. The van der Waals surface area contributed by atoms with Crippen LogP contribution in [-0.4, -0.2) is 28.0 Å². The van der Waals surface area contributed by atoms with Gasteiger partial charge in [0.15, 0.2) is 0 Å². The maximum atomic E-state index is 12.2. The van der Waals surface area contributed by atoms with Crippen LogP contribution < -0.4 is 19.7 Å². The van der Waals surface area contributed by atoms with E-state index < -0.39 is 15.9 Å². The van der Waals surface area contributed by atoms with Crippen molar-refractivity contribution in [1.29, 1.82) is 0 Å². The summed E-state index contributed by atoms with van der Waals surface area (Å²) in [5, 5.41) is 0. The quantitative estimate of drug-likeness (QED) is 0.742. The van der Waals surface area contributed by atoms with E-state index in [0.717, 1.165) is 0 Å². The fourth-order valence-electron chi connectivity index (χ4n) is 1.87. The molecule has 0 aliphatic rings. The molecule has 1 amide bonds. The first kappa shape index (κ1) is 17.8. The molecule has 0 spiro atoms. The van der Waals surface area contributed by atoms with Crippen LogP contribution in [0.2, 0.25) is 0 Å². The molecule has 0 aromatic heterocycles. The lowest BCUT2D eigenvalue weighted by Crippen LogP contribution is -2.41. The van der Waals surface area contributed by atoms with Crippen LogP contribution in [-0.2, 0) is 10.0 Å². The zero-order chi connectivity index (χ0) is 17.6. The summed E-state index contributed by atoms with van der Waals surface area (Å²) in [4.78, 5) is 14.0. The Hall–Kier alpha value is -2.58. The summed E-state index contributed by atoms with van der Waals surface area (Å²) in [7, 11) is -2.36. The van der Waals surface area contributed by atoms with Crippen LogP contribution in [0.25, 0.3) is 0 Å². The summed E-state index contributed by atoms with van der Waals surface area (Å²) in [6, 6.07) is 12.1. The van der Waals surface area contributed by atoms with E-state index in [9.17, 15) is 13.2 Å². The van der Waals surface area contributed by atoms with Crippen molar-refractivity contribution in [2.45, 2.75) is 11.8 Å². The molecule has 24 heavy (non-hydrogen) atoms. The third kappa shape index (κ3) is 4.46. The molecule has 8 heteroatoms. The molecule has 0 fully saturated rings. The van der Waals surface area contributed by atoms with E-state index in [4.69, 9.17) is 9.47 Å². The maximum Gasteiger partial charge on any atom is 0.266 e. The first-order valence-electron chi connectivity index (χ1n) is 7.15. The number of ether oxygens (including phenoxy) is 2. The zero-order valence-corrected chi connectivity index (χ0v) is 14.1. The Labute approximate surface area is 140 Å². The largest absolute Gasteiger partial charge is 0.497 e. The molecule has 2 rings (SSSR count). The third-order valence-electron chi connectivity index (χ3n) is 3.10. The molecule has 0 saturated carbocycles. The molecule has 0 atom stereocenters. The topological polar surface area (TPSA) is 93.7 Å². The number of methoxy groups -OCH3 is 1. The average Bonchev–Trinajstić information content (AvgIpc) is 2.60. The number of carbonyl (C=O) groups excluding carboxylic acids is 1. The second kappa shape index (κ2) is 7.80. The smallest absolute Gasteiger partial charge is 0.266 e. The average molecular weight is 350 g/mol. The standard InChI is InChI=1S/C16H18N2O5S/c1-3-23-14-8-10-15(11-9-14)24(20,21)18-17-16(19)12-4-6-13(22-2)7-5-12/h4-11,18H,3H2,1-2H3,(H,17,19). The molecule has 2 aromatic carbocycles. The number of rotatable bonds is 7. The van der Waals surface area contributed by atoms with E-state index in [-0.39, 0.29) is 4.90 Å². The van der Waals surface area contributed by atoms with Crippen LogP contribution in [0, 0.1) is 0 Å². The van der Waals surface area contributed by atoms with E-state index in [0.29, 0.717) is 23.7 Å². The fraction of sp³-hybridized carbons (Fsp3) is 0.188. The minimum atomic E-state index is -3.87. The van der Waals surface area contributed by atoms with Crippen LogP contribution in [0.3, 0.4) is 0 Å². The summed E-state index contributed by atoms with van der Waals surface area (Å²) in [6.45, 7) is 2.32. The lowest BCUT2D eigenvalue weighted by atomic mass is 10.2. The van der Waals surface area contributed by atoms with Gasteiger partial charge in [-0.25, -0.2) is 8.42 Å². The van der Waals surface area contributed by atoms with Crippen molar-refractivity contribution in [2.24, 2.45) is 0 Å². The number of hydrogen-bond acceptors (Lipinski definition) is 5. The molecule has 0 heterocycles. The second-order valence-corrected chi connectivity index (χ2v) is 6.37. The fourth-order valence-corrected chi connectivity index (χ4v) is 2.71.